The molecule has 3 rings (SSSR count). The van der Waals surface area contributed by atoms with Crippen LogP contribution in [0, 0.1) is 5.92 Å². The first-order valence-electron chi connectivity index (χ1n) is 8.69. The highest BCUT2D eigenvalue weighted by atomic mass is 16.2. The largest absolute Gasteiger partial charge is 0.339 e. The van der Waals surface area contributed by atoms with Gasteiger partial charge in [-0.25, -0.2) is 0 Å². The van der Waals surface area contributed by atoms with E-state index in [2.05, 4.69) is 35.2 Å². The van der Waals surface area contributed by atoms with Crippen molar-refractivity contribution in [2.45, 2.75) is 63.8 Å². The molecule has 2 fully saturated rings. The molecule has 1 amide bonds. The number of likely N-dealkylation sites (tertiary alicyclic amines) is 1. The van der Waals surface area contributed by atoms with E-state index in [1.54, 1.807) is 0 Å². The number of nitrogens with zero attached hydrogens (tertiary/aromatic N) is 1. The maximum Gasteiger partial charge on any atom is 0.225 e. The highest BCUT2D eigenvalue weighted by Crippen LogP contribution is 2.30. The molecule has 114 valence electrons. The van der Waals surface area contributed by atoms with E-state index in [-0.39, 0.29) is 0 Å². The predicted molar refractivity (Wildman–Crippen MR) is 86.1 cm³/mol. The van der Waals surface area contributed by atoms with Gasteiger partial charge in [-0.2, -0.15) is 0 Å². The molecule has 1 aromatic rings. The molecule has 0 bridgehead atoms. The number of carbonyl (C=O) groups is 1. The lowest BCUT2D eigenvalue weighted by atomic mass is 9.94. The van der Waals surface area contributed by atoms with E-state index >= 15 is 0 Å². The summed E-state index contributed by atoms with van der Waals surface area (Å²) in [5, 5.41) is 0. The molecule has 0 aromatic heterocycles. The molecular formula is C19H27NO. The van der Waals surface area contributed by atoms with E-state index in [0.29, 0.717) is 17.9 Å². The zero-order valence-corrected chi connectivity index (χ0v) is 13.0. The van der Waals surface area contributed by atoms with Crippen molar-refractivity contribution in [2.75, 3.05) is 6.54 Å². The van der Waals surface area contributed by atoms with E-state index in [1.165, 1.54) is 37.7 Å². The monoisotopic (exact) mass is 285 g/mol. The van der Waals surface area contributed by atoms with Crippen LogP contribution in [0.3, 0.4) is 0 Å². The van der Waals surface area contributed by atoms with Crippen molar-refractivity contribution in [1.82, 2.24) is 4.90 Å². The summed E-state index contributed by atoms with van der Waals surface area (Å²) < 4.78 is 0. The molecule has 0 N–H and O–H groups in total. The molecular weight excluding hydrogens is 258 g/mol. The van der Waals surface area contributed by atoms with Crippen LogP contribution in [0.25, 0.3) is 0 Å². The average molecular weight is 285 g/mol. The second kappa shape index (κ2) is 7.11. The second-order valence-corrected chi connectivity index (χ2v) is 6.69. The molecule has 1 saturated carbocycles. The molecule has 1 atom stereocenters. The molecule has 1 unspecified atom stereocenters. The normalized spacial score (nSPS) is 23.7. The number of benzene rings is 1. The van der Waals surface area contributed by atoms with Crippen molar-refractivity contribution >= 4 is 5.91 Å². The van der Waals surface area contributed by atoms with Gasteiger partial charge < -0.3 is 4.90 Å². The number of amides is 1. The van der Waals surface area contributed by atoms with Crippen LogP contribution in [-0.2, 0) is 11.2 Å². The van der Waals surface area contributed by atoms with Crippen molar-refractivity contribution in [3.63, 3.8) is 0 Å². The minimum absolute atomic E-state index is 0.302. The van der Waals surface area contributed by atoms with Crippen LogP contribution < -0.4 is 0 Å². The van der Waals surface area contributed by atoms with Gasteiger partial charge in [0, 0.05) is 18.5 Å². The number of carbonyl (C=O) groups excluding carboxylic acids is 1. The first-order valence-corrected chi connectivity index (χ1v) is 8.69. The van der Waals surface area contributed by atoms with E-state index in [9.17, 15) is 4.79 Å². The molecule has 1 saturated heterocycles. The number of hydrogen-bond acceptors (Lipinski definition) is 1. The summed E-state index contributed by atoms with van der Waals surface area (Å²) in [4.78, 5) is 14.8. The topological polar surface area (TPSA) is 20.3 Å². The number of rotatable bonds is 5. The van der Waals surface area contributed by atoms with Crippen LogP contribution in [0.4, 0.5) is 0 Å². The minimum atomic E-state index is 0.302. The minimum Gasteiger partial charge on any atom is -0.339 e. The molecule has 21 heavy (non-hydrogen) atoms. The molecule has 2 nitrogen and oxygen atoms in total. The summed E-state index contributed by atoms with van der Waals surface area (Å²) in [5.41, 5.74) is 1.40. The fraction of sp³-hybridized carbons (Fsp3) is 0.632. The molecule has 1 aliphatic heterocycles. The Kier molecular flexibility index (Phi) is 4.95. The van der Waals surface area contributed by atoms with Crippen LogP contribution >= 0.6 is 0 Å². The van der Waals surface area contributed by atoms with Gasteiger partial charge in [-0.1, -0.05) is 49.6 Å². The lowest BCUT2D eigenvalue weighted by Gasteiger charge is -2.31. The molecule has 1 aliphatic carbocycles. The molecule has 0 radical (unpaired) electrons. The SMILES string of the molecule is O=C1C(CCCc2ccccc2)CCN1C1CCCCC1. The summed E-state index contributed by atoms with van der Waals surface area (Å²) >= 11 is 0. The van der Waals surface area contributed by atoms with Gasteiger partial charge in [0.1, 0.15) is 0 Å². The Labute approximate surface area is 128 Å². The van der Waals surface area contributed by atoms with Crippen LogP contribution in [0.5, 0.6) is 0 Å². The zero-order valence-electron chi connectivity index (χ0n) is 13.0. The lowest BCUT2D eigenvalue weighted by molar-refractivity contribution is -0.133. The van der Waals surface area contributed by atoms with Crippen molar-refractivity contribution < 1.29 is 4.79 Å². The van der Waals surface area contributed by atoms with Crippen molar-refractivity contribution in [3.8, 4) is 0 Å². The molecule has 0 spiro atoms. The number of hydrogen-bond donors (Lipinski definition) is 0. The summed E-state index contributed by atoms with van der Waals surface area (Å²) in [7, 11) is 0. The third-order valence-corrected chi connectivity index (χ3v) is 5.23. The van der Waals surface area contributed by atoms with Crippen LogP contribution in [0.2, 0.25) is 0 Å². The Morgan fingerprint density at radius 3 is 2.52 bits per heavy atom. The van der Waals surface area contributed by atoms with Gasteiger partial charge in [0.2, 0.25) is 5.91 Å². The Morgan fingerprint density at radius 2 is 1.76 bits per heavy atom. The standard InChI is InChI=1S/C19H27NO/c21-19-17(11-7-10-16-8-3-1-4-9-16)14-15-20(19)18-12-5-2-6-13-18/h1,3-4,8-9,17-18H,2,5-7,10-15H2. The third kappa shape index (κ3) is 3.66. The Balaban J connectivity index is 1.45. The Hall–Kier alpha value is -1.31. The lowest BCUT2D eigenvalue weighted by Crippen LogP contribution is -2.38. The quantitative estimate of drug-likeness (QED) is 0.794. The van der Waals surface area contributed by atoms with Crippen molar-refractivity contribution in [2.24, 2.45) is 5.92 Å². The Morgan fingerprint density at radius 1 is 1.00 bits per heavy atom. The smallest absolute Gasteiger partial charge is 0.225 e. The maximum absolute atomic E-state index is 12.6. The van der Waals surface area contributed by atoms with E-state index < -0.39 is 0 Å². The second-order valence-electron chi connectivity index (χ2n) is 6.69. The highest BCUT2D eigenvalue weighted by Gasteiger charge is 2.35. The number of aryl methyl sites for hydroxylation is 1. The van der Waals surface area contributed by atoms with Crippen molar-refractivity contribution in [3.05, 3.63) is 35.9 Å². The van der Waals surface area contributed by atoms with Crippen LogP contribution in [-0.4, -0.2) is 23.4 Å². The van der Waals surface area contributed by atoms with Crippen molar-refractivity contribution in [1.29, 1.82) is 0 Å². The average Bonchev–Trinajstić information content (AvgIpc) is 2.90. The predicted octanol–water partition coefficient (Wildman–Crippen LogP) is 4.19. The molecule has 1 heterocycles. The molecule has 2 heteroatoms. The van der Waals surface area contributed by atoms with E-state index in [1.807, 2.05) is 0 Å². The van der Waals surface area contributed by atoms with Gasteiger partial charge in [0.05, 0.1) is 0 Å². The van der Waals surface area contributed by atoms with Gasteiger partial charge in [0.15, 0.2) is 0 Å². The third-order valence-electron chi connectivity index (χ3n) is 5.23. The Bertz CT molecular complexity index is 450. The summed E-state index contributed by atoms with van der Waals surface area (Å²) in [6.07, 6.45) is 10.9. The zero-order chi connectivity index (χ0) is 14.5. The van der Waals surface area contributed by atoms with Gasteiger partial charge >= 0.3 is 0 Å². The fourth-order valence-corrected chi connectivity index (χ4v) is 3.98. The summed E-state index contributed by atoms with van der Waals surface area (Å²) in [5.74, 6) is 0.755. The van der Waals surface area contributed by atoms with E-state index in [0.717, 1.165) is 32.2 Å². The maximum atomic E-state index is 12.6. The molecule has 1 aromatic carbocycles. The fourth-order valence-electron chi connectivity index (χ4n) is 3.98. The highest BCUT2D eigenvalue weighted by molar-refractivity contribution is 5.81. The summed E-state index contributed by atoms with van der Waals surface area (Å²) in [6.45, 7) is 1.01. The van der Waals surface area contributed by atoms with Gasteiger partial charge in [-0.15, -0.1) is 0 Å². The molecule has 2 aliphatic rings. The summed E-state index contributed by atoms with van der Waals surface area (Å²) in [6, 6.07) is 11.2. The van der Waals surface area contributed by atoms with Crippen LogP contribution in [0.1, 0.15) is 56.9 Å². The first-order chi connectivity index (χ1) is 10.3. The first kappa shape index (κ1) is 14.6. The van der Waals surface area contributed by atoms with Crippen LogP contribution in [0.15, 0.2) is 30.3 Å². The van der Waals surface area contributed by atoms with Gasteiger partial charge in [0.25, 0.3) is 0 Å². The van der Waals surface area contributed by atoms with Gasteiger partial charge in [-0.3, -0.25) is 4.79 Å². The van der Waals surface area contributed by atoms with Gasteiger partial charge in [-0.05, 0) is 44.1 Å². The van der Waals surface area contributed by atoms with E-state index in [4.69, 9.17) is 0 Å².